The van der Waals surface area contributed by atoms with Gasteiger partial charge in [0.15, 0.2) is 11.5 Å². The first kappa shape index (κ1) is 23.8. The summed E-state index contributed by atoms with van der Waals surface area (Å²) in [6.45, 7) is 6.51. The Labute approximate surface area is 174 Å². The van der Waals surface area contributed by atoms with Gasteiger partial charge in [-0.15, -0.1) is 12.4 Å². The van der Waals surface area contributed by atoms with Crippen molar-refractivity contribution in [1.82, 2.24) is 5.32 Å². The molecule has 2 aromatic carbocycles. The number of methoxy groups -OCH3 is 2. The van der Waals surface area contributed by atoms with Crippen LogP contribution in [0.5, 0.6) is 11.5 Å². The summed E-state index contributed by atoms with van der Waals surface area (Å²) >= 11 is 0. The predicted octanol–water partition coefficient (Wildman–Crippen LogP) is 3.86. The molecule has 2 aromatic rings. The van der Waals surface area contributed by atoms with Crippen molar-refractivity contribution in [1.29, 1.82) is 0 Å². The van der Waals surface area contributed by atoms with Gasteiger partial charge in [0.05, 0.1) is 20.1 Å². The Hall–Kier alpha value is -2.24. The van der Waals surface area contributed by atoms with Crippen LogP contribution in [0.2, 0.25) is 0 Å². The molecule has 0 aromatic heterocycles. The number of benzene rings is 2. The van der Waals surface area contributed by atoms with Crippen molar-refractivity contribution >= 4 is 18.3 Å². The van der Waals surface area contributed by atoms with Crippen LogP contribution in [-0.4, -0.2) is 26.7 Å². The van der Waals surface area contributed by atoms with Crippen molar-refractivity contribution in [3.63, 3.8) is 0 Å². The average molecular weight is 407 g/mol. The minimum Gasteiger partial charge on any atom is -0.493 e. The van der Waals surface area contributed by atoms with Crippen molar-refractivity contribution in [2.45, 2.75) is 32.2 Å². The van der Waals surface area contributed by atoms with E-state index in [0.717, 1.165) is 11.1 Å². The highest BCUT2D eigenvalue weighted by Crippen LogP contribution is 2.33. The van der Waals surface area contributed by atoms with Crippen molar-refractivity contribution in [2.24, 2.45) is 11.7 Å². The molecule has 3 N–H and O–H groups in total. The molecular weight excluding hydrogens is 376 g/mol. The lowest BCUT2D eigenvalue weighted by Crippen LogP contribution is -2.41. The minimum atomic E-state index is -0.338. The molecule has 2 unspecified atom stereocenters. The van der Waals surface area contributed by atoms with Crippen molar-refractivity contribution in [3.8, 4) is 11.5 Å². The molecule has 154 valence electrons. The molecule has 2 rings (SSSR count). The maximum atomic E-state index is 12.6. The zero-order valence-electron chi connectivity index (χ0n) is 17.2. The summed E-state index contributed by atoms with van der Waals surface area (Å²) in [5.74, 6) is 0.978. The standard InChI is InChI=1S/C22H30N2O3.ClH/c1-15(20(23)16-9-7-6-8-10-16)21(25)24-14-22(2,3)17-11-12-18(26-4)19(13-17)27-5;/h6-13,15,20H,14,23H2,1-5H3,(H,24,25);1H. The molecule has 0 saturated carbocycles. The number of hydrogen-bond donors (Lipinski definition) is 2. The fourth-order valence-electron chi connectivity index (χ4n) is 2.96. The van der Waals surface area contributed by atoms with Gasteiger partial charge in [-0.05, 0) is 23.3 Å². The second kappa shape index (κ2) is 10.3. The van der Waals surface area contributed by atoms with Gasteiger partial charge in [-0.2, -0.15) is 0 Å². The first-order valence-electron chi connectivity index (χ1n) is 9.11. The third-order valence-corrected chi connectivity index (χ3v) is 5.01. The fraction of sp³-hybridized carbons (Fsp3) is 0.409. The van der Waals surface area contributed by atoms with Gasteiger partial charge < -0.3 is 20.5 Å². The molecule has 0 aliphatic rings. The lowest BCUT2D eigenvalue weighted by Gasteiger charge is -2.28. The van der Waals surface area contributed by atoms with Crippen molar-refractivity contribution in [3.05, 3.63) is 59.7 Å². The molecule has 0 saturated heterocycles. The van der Waals surface area contributed by atoms with Crippen molar-refractivity contribution in [2.75, 3.05) is 20.8 Å². The van der Waals surface area contributed by atoms with E-state index in [4.69, 9.17) is 15.2 Å². The van der Waals surface area contributed by atoms with E-state index in [9.17, 15) is 4.79 Å². The lowest BCUT2D eigenvalue weighted by molar-refractivity contribution is -0.125. The predicted molar refractivity (Wildman–Crippen MR) is 115 cm³/mol. The minimum absolute atomic E-state index is 0. The molecule has 0 fully saturated rings. The van der Waals surface area contributed by atoms with Crippen molar-refractivity contribution < 1.29 is 14.3 Å². The topological polar surface area (TPSA) is 73.6 Å². The Morgan fingerprint density at radius 3 is 2.25 bits per heavy atom. The molecule has 5 nitrogen and oxygen atoms in total. The van der Waals surface area contributed by atoms with E-state index < -0.39 is 0 Å². The van der Waals surface area contributed by atoms with Gasteiger partial charge in [0.1, 0.15) is 0 Å². The maximum absolute atomic E-state index is 12.6. The average Bonchev–Trinajstić information content (AvgIpc) is 2.70. The first-order valence-corrected chi connectivity index (χ1v) is 9.11. The van der Waals surface area contributed by atoms with E-state index in [0.29, 0.717) is 18.0 Å². The fourth-order valence-corrected chi connectivity index (χ4v) is 2.96. The van der Waals surface area contributed by atoms with E-state index in [-0.39, 0.29) is 35.7 Å². The van der Waals surface area contributed by atoms with Gasteiger partial charge in [-0.1, -0.05) is 57.2 Å². The zero-order chi connectivity index (χ0) is 20.0. The summed E-state index contributed by atoms with van der Waals surface area (Å²) in [6, 6.07) is 15.2. The van der Waals surface area contributed by atoms with E-state index >= 15 is 0 Å². The first-order chi connectivity index (χ1) is 12.8. The van der Waals surface area contributed by atoms with Gasteiger partial charge in [0.2, 0.25) is 5.91 Å². The summed E-state index contributed by atoms with van der Waals surface area (Å²) in [5.41, 5.74) is 8.01. The zero-order valence-corrected chi connectivity index (χ0v) is 18.0. The molecule has 0 bridgehead atoms. The van der Waals surface area contributed by atoms with Crippen LogP contribution >= 0.6 is 12.4 Å². The quantitative estimate of drug-likeness (QED) is 0.698. The molecule has 1 amide bonds. The number of rotatable bonds is 8. The van der Waals surface area contributed by atoms with Crippen LogP contribution < -0.4 is 20.5 Å². The number of amides is 1. The van der Waals surface area contributed by atoms with Crippen LogP contribution in [-0.2, 0) is 10.2 Å². The molecule has 0 spiro atoms. The molecule has 0 aliphatic carbocycles. The van der Waals surface area contributed by atoms with Crippen LogP contribution in [0.1, 0.15) is 37.9 Å². The Morgan fingerprint density at radius 1 is 1.07 bits per heavy atom. The van der Waals surface area contributed by atoms with E-state index in [1.807, 2.05) is 55.5 Å². The summed E-state index contributed by atoms with van der Waals surface area (Å²) < 4.78 is 10.7. The lowest BCUT2D eigenvalue weighted by atomic mass is 9.84. The normalized spacial score (nSPS) is 13.1. The number of ether oxygens (including phenoxy) is 2. The highest BCUT2D eigenvalue weighted by molar-refractivity contribution is 5.85. The molecule has 28 heavy (non-hydrogen) atoms. The Kier molecular flexibility index (Phi) is 8.79. The SMILES string of the molecule is COc1ccc(C(C)(C)CNC(=O)C(C)C(N)c2ccccc2)cc1OC.Cl. The largest absolute Gasteiger partial charge is 0.493 e. The van der Waals surface area contributed by atoms with Gasteiger partial charge >= 0.3 is 0 Å². The van der Waals surface area contributed by atoms with E-state index in [2.05, 4.69) is 19.2 Å². The molecule has 2 atom stereocenters. The number of nitrogens with one attached hydrogen (secondary N) is 1. The molecule has 6 heteroatoms. The highest BCUT2D eigenvalue weighted by atomic mass is 35.5. The summed E-state index contributed by atoms with van der Waals surface area (Å²) in [5, 5.41) is 3.05. The third-order valence-electron chi connectivity index (χ3n) is 5.01. The summed E-state index contributed by atoms with van der Waals surface area (Å²) in [4.78, 5) is 12.6. The monoisotopic (exact) mass is 406 g/mol. The smallest absolute Gasteiger partial charge is 0.224 e. The maximum Gasteiger partial charge on any atom is 0.224 e. The van der Waals surface area contributed by atoms with Gasteiger partial charge in [-0.25, -0.2) is 0 Å². The number of hydrogen-bond acceptors (Lipinski definition) is 4. The van der Waals surface area contributed by atoms with Gasteiger partial charge in [0.25, 0.3) is 0 Å². The summed E-state index contributed by atoms with van der Waals surface area (Å²) in [7, 11) is 3.23. The third kappa shape index (κ3) is 5.63. The summed E-state index contributed by atoms with van der Waals surface area (Å²) in [6.07, 6.45) is 0. The molecule has 0 heterocycles. The van der Waals surface area contributed by atoms with Crippen LogP contribution in [0.4, 0.5) is 0 Å². The molecule has 0 radical (unpaired) electrons. The van der Waals surface area contributed by atoms with Gasteiger partial charge in [0, 0.05) is 18.0 Å². The van der Waals surface area contributed by atoms with Gasteiger partial charge in [-0.3, -0.25) is 4.79 Å². The Bertz CT molecular complexity index is 766. The number of halogens is 1. The van der Waals surface area contributed by atoms with E-state index in [1.165, 1.54) is 0 Å². The van der Waals surface area contributed by atoms with E-state index in [1.54, 1.807) is 14.2 Å². The second-order valence-electron chi connectivity index (χ2n) is 7.40. The molecular formula is C22H31ClN2O3. The highest BCUT2D eigenvalue weighted by Gasteiger charge is 2.26. The van der Waals surface area contributed by atoms with Crippen LogP contribution in [0.15, 0.2) is 48.5 Å². The Morgan fingerprint density at radius 2 is 1.68 bits per heavy atom. The number of carbonyl (C=O) groups excluding carboxylic acids is 1. The Balaban J connectivity index is 0.00000392. The number of nitrogens with two attached hydrogens (primary N) is 1. The van der Waals surface area contributed by atoms with Crippen LogP contribution in [0, 0.1) is 5.92 Å². The van der Waals surface area contributed by atoms with Crippen LogP contribution in [0.25, 0.3) is 0 Å². The van der Waals surface area contributed by atoms with Crippen LogP contribution in [0.3, 0.4) is 0 Å². The molecule has 0 aliphatic heterocycles. The second-order valence-corrected chi connectivity index (χ2v) is 7.40. The number of carbonyl (C=O) groups is 1.